The molecular formula is C24H24F3NO2. The molecule has 3 nitrogen and oxygen atoms in total. The van der Waals surface area contributed by atoms with Gasteiger partial charge in [-0.1, -0.05) is 44.2 Å². The van der Waals surface area contributed by atoms with Crippen molar-refractivity contribution in [2.75, 3.05) is 11.9 Å². The van der Waals surface area contributed by atoms with Crippen LogP contribution in [0, 0.1) is 0 Å². The van der Waals surface area contributed by atoms with E-state index in [-0.39, 0.29) is 11.6 Å². The van der Waals surface area contributed by atoms with Crippen molar-refractivity contribution in [2.24, 2.45) is 0 Å². The van der Waals surface area contributed by atoms with Crippen LogP contribution in [0.2, 0.25) is 0 Å². The van der Waals surface area contributed by atoms with Gasteiger partial charge in [-0.05, 0) is 60.2 Å². The largest absolute Gasteiger partial charge is 0.489 e. The quantitative estimate of drug-likeness (QED) is 0.568. The van der Waals surface area contributed by atoms with Crippen molar-refractivity contribution in [1.29, 1.82) is 0 Å². The van der Waals surface area contributed by atoms with Crippen molar-refractivity contribution in [3.63, 3.8) is 0 Å². The molecule has 30 heavy (non-hydrogen) atoms. The number of benzene rings is 2. The number of hydrogen-bond acceptors (Lipinski definition) is 2. The van der Waals surface area contributed by atoms with E-state index in [0.29, 0.717) is 23.5 Å². The summed E-state index contributed by atoms with van der Waals surface area (Å²) in [5.41, 5.74) is 0.992. The maximum absolute atomic E-state index is 13.2. The predicted octanol–water partition coefficient (Wildman–Crippen LogP) is 6.74. The Labute approximate surface area is 174 Å². The van der Waals surface area contributed by atoms with Gasteiger partial charge in [0.25, 0.3) is 5.91 Å². The molecule has 2 aromatic carbocycles. The number of amides is 1. The number of alkyl halides is 3. The minimum Gasteiger partial charge on any atom is -0.489 e. The zero-order valence-corrected chi connectivity index (χ0v) is 16.9. The molecule has 0 heterocycles. The molecule has 1 N–H and O–H groups in total. The first kappa shape index (κ1) is 21.7. The number of nitrogens with one attached hydrogen (secondary N) is 1. The second kappa shape index (κ2) is 9.20. The molecule has 0 unspecified atom stereocenters. The highest BCUT2D eigenvalue weighted by Crippen LogP contribution is 2.35. The third-order valence-corrected chi connectivity index (χ3v) is 4.85. The van der Waals surface area contributed by atoms with Gasteiger partial charge in [0.05, 0.1) is 11.3 Å². The van der Waals surface area contributed by atoms with Crippen LogP contribution < -0.4 is 10.1 Å². The molecular weight excluding hydrogens is 391 g/mol. The topological polar surface area (TPSA) is 38.3 Å². The lowest BCUT2D eigenvalue weighted by atomic mass is 9.96. The summed E-state index contributed by atoms with van der Waals surface area (Å²) in [5.74, 6) is 0.0200. The highest BCUT2D eigenvalue weighted by atomic mass is 19.4. The number of halogens is 3. The monoisotopic (exact) mass is 415 g/mol. The van der Waals surface area contributed by atoms with E-state index in [1.165, 1.54) is 18.2 Å². The molecule has 1 aliphatic carbocycles. The van der Waals surface area contributed by atoms with Crippen LogP contribution in [0.1, 0.15) is 54.1 Å². The maximum Gasteiger partial charge on any atom is 0.418 e. The number of allylic oxidation sites excluding steroid dienone is 2. The molecule has 6 heteroatoms. The van der Waals surface area contributed by atoms with Gasteiger partial charge in [0.1, 0.15) is 12.4 Å². The molecule has 0 bridgehead atoms. The van der Waals surface area contributed by atoms with Crippen molar-refractivity contribution in [1.82, 2.24) is 0 Å². The Morgan fingerprint density at radius 2 is 1.90 bits per heavy atom. The van der Waals surface area contributed by atoms with Gasteiger partial charge in [0.15, 0.2) is 0 Å². The highest BCUT2D eigenvalue weighted by molar-refractivity contribution is 6.06. The van der Waals surface area contributed by atoms with Crippen molar-refractivity contribution < 1.29 is 22.7 Å². The first-order valence-electron chi connectivity index (χ1n) is 9.85. The van der Waals surface area contributed by atoms with Gasteiger partial charge in [0, 0.05) is 5.56 Å². The fraction of sp³-hybridized carbons (Fsp3) is 0.292. The second-order valence-electron chi connectivity index (χ2n) is 7.45. The van der Waals surface area contributed by atoms with Crippen LogP contribution in [0.3, 0.4) is 0 Å². The van der Waals surface area contributed by atoms with E-state index >= 15 is 0 Å². The Morgan fingerprint density at radius 3 is 2.57 bits per heavy atom. The van der Waals surface area contributed by atoms with Gasteiger partial charge in [-0.25, -0.2) is 0 Å². The van der Waals surface area contributed by atoms with Crippen LogP contribution in [0.4, 0.5) is 18.9 Å². The lowest BCUT2D eigenvalue weighted by Gasteiger charge is -2.17. The SMILES string of the molecule is CC(C)c1cc(OCC2=CCCC=C2)ccc1C(=O)Nc1ccccc1C(F)(F)F. The van der Waals surface area contributed by atoms with Gasteiger partial charge < -0.3 is 10.1 Å². The zero-order chi connectivity index (χ0) is 21.7. The predicted molar refractivity (Wildman–Crippen MR) is 112 cm³/mol. The summed E-state index contributed by atoms with van der Waals surface area (Å²) in [6.07, 6.45) is 3.73. The Kier molecular flexibility index (Phi) is 6.65. The number of hydrogen-bond donors (Lipinski definition) is 1. The third-order valence-electron chi connectivity index (χ3n) is 4.85. The van der Waals surface area contributed by atoms with Crippen LogP contribution in [0.25, 0.3) is 0 Å². The van der Waals surface area contributed by atoms with Gasteiger partial charge >= 0.3 is 6.18 Å². The van der Waals surface area contributed by atoms with Crippen LogP contribution >= 0.6 is 0 Å². The Balaban J connectivity index is 1.81. The van der Waals surface area contributed by atoms with E-state index in [1.54, 1.807) is 18.2 Å². The molecule has 0 saturated heterocycles. The molecule has 2 aromatic rings. The summed E-state index contributed by atoms with van der Waals surface area (Å²) >= 11 is 0. The molecule has 0 aliphatic heterocycles. The fourth-order valence-electron chi connectivity index (χ4n) is 3.29. The zero-order valence-electron chi connectivity index (χ0n) is 16.9. The molecule has 0 aromatic heterocycles. The molecule has 0 spiro atoms. The molecule has 0 saturated carbocycles. The molecule has 0 atom stereocenters. The van der Waals surface area contributed by atoms with Crippen LogP contribution in [-0.2, 0) is 6.18 Å². The summed E-state index contributed by atoms with van der Waals surface area (Å²) < 4.78 is 45.5. The normalized spacial score (nSPS) is 13.9. The first-order valence-corrected chi connectivity index (χ1v) is 9.85. The number of carbonyl (C=O) groups excluding carboxylic acids is 1. The minimum atomic E-state index is -4.55. The summed E-state index contributed by atoms with van der Waals surface area (Å²) in [6, 6.07) is 10.00. The van der Waals surface area contributed by atoms with Crippen LogP contribution in [0.15, 0.2) is 66.3 Å². The molecule has 3 rings (SSSR count). The van der Waals surface area contributed by atoms with E-state index in [9.17, 15) is 18.0 Å². The molecule has 1 amide bonds. The van der Waals surface area contributed by atoms with E-state index in [4.69, 9.17) is 4.74 Å². The third kappa shape index (κ3) is 5.32. The number of para-hydroxylation sites is 1. The number of rotatable bonds is 6. The number of anilines is 1. The Morgan fingerprint density at radius 1 is 1.13 bits per heavy atom. The molecule has 0 fully saturated rings. The van der Waals surface area contributed by atoms with Crippen molar-refractivity contribution >= 4 is 11.6 Å². The summed E-state index contributed by atoms with van der Waals surface area (Å²) in [4.78, 5) is 12.8. The lowest BCUT2D eigenvalue weighted by molar-refractivity contribution is -0.136. The molecule has 0 radical (unpaired) electrons. The Hall–Kier alpha value is -3.02. The average Bonchev–Trinajstić information content (AvgIpc) is 2.72. The summed E-state index contributed by atoms with van der Waals surface area (Å²) in [5, 5.41) is 2.41. The summed E-state index contributed by atoms with van der Waals surface area (Å²) in [6.45, 7) is 4.27. The van der Waals surface area contributed by atoms with Gasteiger partial charge in [-0.3, -0.25) is 4.79 Å². The number of carbonyl (C=O) groups is 1. The lowest BCUT2D eigenvalue weighted by Crippen LogP contribution is -2.18. The Bertz CT molecular complexity index is 975. The average molecular weight is 415 g/mol. The van der Waals surface area contributed by atoms with Crippen LogP contribution in [0.5, 0.6) is 5.75 Å². The second-order valence-corrected chi connectivity index (χ2v) is 7.45. The van der Waals surface area contributed by atoms with Gasteiger partial charge in [-0.15, -0.1) is 0 Å². The van der Waals surface area contributed by atoms with Crippen molar-refractivity contribution in [2.45, 2.75) is 38.8 Å². The first-order chi connectivity index (χ1) is 14.3. The summed E-state index contributed by atoms with van der Waals surface area (Å²) in [7, 11) is 0. The van der Waals surface area contributed by atoms with Crippen molar-refractivity contribution in [3.8, 4) is 5.75 Å². The molecule has 158 valence electrons. The highest BCUT2D eigenvalue weighted by Gasteiger charge is 2.33. The smallest absolute Gasteiger partial charge is 0.418 e. The fourth-order valence-corrected chi connectivity index (χ4v) is 3.29. The maximum atomic E-state index is 13.2. The standard InChI is InChI=1S/C24H24F3NO2/c1-16(2)20-14-18(30-15-17-8-4-3-5-9-17)12-13-19(20)23(29)28-22-11-7-6-10-21(22)24(25,26)27/h4,6-14,16H,3,5,15H2,1-2H3,(H,28,29). The number of ether oxygens (including phenoxy) is 1. The van der Waals surface area contributed by atoms with E-state index in [2.05, 4.69) is 17.5 Å². The van der Waals surface area contributed by atoms with E-state index in [0.717, 1.165) is 24.5 Å². The van der Waals surface area contributed by atoms with Gasteiger partial charge in [-0.2, -0.15) is 13.2 Å². The van der Waals surface area contributed by atoms with E-state index < -0.39 is 17.6 Å². The van der Waals surface area contributed by atoms with Crippen molar-refractivity contribution in [3.05, 3.63) is 83.0 Å². The molecule has 1 aliphatic rings. The van der Waals surface area contributed by atoms with Gasteiger partial charge in [0.2, 0.25) is 0 Å². The van der Waals surface area contributed by atoms with E-state index in [1.807, 2.05) is 19.9 Å². The van der Waals surface area contributed by atoms with Crippen LogP contribution in [-0.4, -0.2) is 12.5 Å². The minimum absolute atomic E-state index is 0.0130.